The van der Waals surface area contributed by atoms with Crippen molar-refractivity contribution in [1.29, 1.82) is 0 Å². The first kappa shape index (κ1) is 16.6. The third-order valence-electron chi connectivity index (χ3n) is 3.89. The minimum Gasteiger partial charge on any atom is -0.369 e. The van der Waals surface area contributed by atoms with Gasteiger partial charge >= 0.3 is 0 Å². The fraction of sp³-hybridized carbons (Fsp3) is 0.647. The first-order valence-corrected chi connectivity index (χ1v) is 8.30. The van der Waals surface area contributed by atoms with Crippen LogP contribution in [0.2, 0.25) is 0 Å². The van der Waals surface area contributed by atoms with Crippen LogP contribution in [0.5, 0.6) is 0 Å². The van der Waals surface area contributed by atoms with Crippen molar-refractivity contribution in [2.75, 3.05) is 37.2 Å². The molecule has 0 saturated carbocycles. The van der Waals surface area contributed by atoms with Crippen LogP contribution in [0, 0.1) is 18.8 Å². The maximum Gasteiger partial charge on any atom is 0.222 e. The molecule has 0 amide bonds. The minimum atomic E-state index is 0.304. The maximum atomic E-state index is 5.76. The summed E-state index contributed by atoms with van der Waals surface area (Å²) in [5.74, 6) is 7.60. The Morgan fingerprint density at radius 1 is 1.23 bits per heavy atom. The number of anilines is 2. The van der Waals surface area contributed by atoms with E-state index >= 15 is 0 Å². The van der Waals surface area contributed by atoms with E-state index in [9.17, 15) is 0 Å². The molecule has 5 heteroatoms. The van der Waals surface area contributed by atoms with Crippen molar-refractivity contribution in [2.24, 2.45) is 0 Å². The minimum absolute atomic E-state index is 0.304. The van der Waals surface area contributed by atoms with Crippen molar-refractivity contribution in [3.05, 3.63) is 11.3 Å². The molecule has 1 fully saturated rings. The van der Waals surface area contributed by atoms with Crippen LogP contribution >= 0.6 is 0 Å². The summed E-state index contributed by atoms with van der Waals surface area (Å²) < 4.78 is 0. The molecule has 3 N–H and O–H groups in total. The molecule has 1 saturated heterocycles. The molecule has 0 spiro atoms. The summed E-state index contributed by atoms with van der Waals surface area (Å²) in [7, 11) is 0. The predicted molar refractivity (Wildman–Crippen MR) is 91.7 cm³/mol. The quantitative estimate of drug-likeness (QED) is 0.646. The molecule has 0 atom stereocenters. The Hall–Kier alpha value is -1.80. The first-order valence-electron chi connectivity index (χ1n) is 8.30. The molecule has 2 rings (SSSR count). The van der Waals surface area contributed by atoms with E-state index in [2.05, 4.69) is 38.9 Å². The van der Waals surface area contributed by atoms with Gasteiger partial charge in [0.25, 0.3) is 0 Å². The number of likely N-dealkylation sites (tertiary alicyclic amines) is 1. The largest absolute Gasteiger partial charge is 0.369 e. The number of nitrogens with one attached hydrogen (secondary N) is 1. The Balaban J connectivity index is 2.07. The number of nitrogen functional groups attached to an aromatic ring is 1. The summed E-state index contributed by atoms with van der Waals surface area (Å²) in [4.78, 5) is 11.0. The number of nitrogens with zero attached hydrogens (tertiary/aromatic N) is 3. The van der Waals surface area contributed by atoms with Crippen LogP contribution < -0.4 is 11.1 Å². The molecule has 22 heavy (non-hydrogen) atoms. The van der Waals surface area contributed by atoms with Crippen LogP contribution in [0.15, 0.2) is 0 Å². The van der Waals surface area contributed by atoms with Crippen molar-refractivity contribution in [3.8, 4) is 11.8 Å². The van der Waals surface area contributed by atoms with Gasteiger partial charge in [-0.3, -0.25) is 4.90 Å². The van der Waals surface area contributed by atoms with Crippen LogP contribution in [-0.2, 0) is 0 Å². The van der Waals surface area contributed by atoms with Gasteiger partial charge in [-0.05, 0) is 39.3 Å². The second kappa shape index (κ2) is 8.60. The molecule has 5 nitrogen and oxygen atoms in total. The molecule has 0 unspecified atom stereocenters. The second-order valence-corrected chi connectivity index (χ2v) is 5.81. The highest BCUT2D eigenvalue weighted by Crippen LogP contribution is 2.16. The molecule has 2 heterocycles. The number of hydrogen-bond donors (Lipinski definition) is 2. The van der Waals surface area contributed by atoms with Gasteiger partial charge in [0.15, 0.2) is 0 Å². The van der Waals surface area contributed by atoms with E-state index in [1.807, 2.05) is 6.92 Å². The number of piperidine rings is 1. The zero-order valence-corrected chi connectivity index (χ0v) is 13.8. The Labute approximate surface area is 133 Å². The lowest BCUT2D eigenvalue weighted by atomic mass is 10.1. The van der Waals surface area contributed by atoms with E-state index in [0.29, 0.717) is 5.95 Å². The van der Waals surface area contributed by atoms with Crippen LogP contribution in [0.3, 0.4) is 0 Å². The average molecular weight is 301 g/mol. The smallest absolute Gasteiger partial charge is 0.222 e. The third-order valence-corrected chi connectivity index (χ3v) is 3.89. The number of aromatic nitrogens is 2. The molecule has 0 radical (unpaired) electrons. The monoisotopic (exact) mass is 301 g/mol. The van der Waals surface area contributed by atoms with E-state index in [1.54, 1.807) is 0 Å². The fourth-order valence-electron chi connectivity index (χ4n) is 2.61. The van der Waals surface area contributed by atoms with Crippen molar-refractivity contribution in [2.45, 2.75) is 46.0 Å². The van der Waals surface area contributed by atoms with E-state index in [1.165, 1.54) is 19.3 Å². The molecule has 1 aliphatic heterocycles. The number of nitrogens with two attached hydrogens (primary N) is 1. The summed E-state index contributed by atoms with van der Waals surface area (Å²) in [6.45, 7) is 8.13. The summed E-state index contributed by atoms with van der Waals surface area (Å²) in [6, 6.07) is 0. The first-order chi connectivity index (χ1) is 10.7. The molecule has 0 aromatic carbocycles. The van der Waals surface area contributed by atoms with E-state index < -0.39 is 0 Å². The van der Waals surface area contributed by atoms with Gasteiger partial charge in [-0.1, -0.05) is 31.6 Å². The summed E-state index contributed by atoms with van der Waals surface area (Å²) in [5, 5.41) is 3.34. The van der Waals surface area contributed by atoms with Crippen molar-refractivity contribution in [3.63, 3.8) is 0 Å². The van der Waals surface area contributed by atoms with Gasteiger partial charge in [0.2, 0.25) is 5.95 Å². The molecule has 1 aromatic rings. The topological polar surface area (TPSA) is 67.1 Å². The molecule has 1 aliphatic rings. The van der Waals surface area contributed by atoms with Gasteiger partial charge in [-0.15, -0.1) is 0 Å². The molecule has 1 aromatic heterocycles. The average Bonchev–Trinajstić information content (AvgIpc) is 2.51. The van der Waals surface area contributed by atoms with Gasteiger partial charge in [-0.25, -0.2) is 4.98 Å². The third kappa shape index (κ3) is 4.88. The predicted octanol–water partition coefficient (Wildman–Crippen LogP) is 2.42. The number of unbranched alkanes of at least 4 members (excludes halogenated alkanes) is 1. The standard InChI is InChI=1S/C17H27N5/c1-3-4-10-19-16-15(14(2)20-17(18)21-16)9-8-13-22-11-6-5-7-12-22/h3-7,10-13H2,1-2H3,(H3,18,19,20,21). The Morgan fingerprint density at radius 2 is 2.00 bits per heavy atom. The maximum absolute atomic E-state index is 5.76. The highest BCUT2D eigenvalue weighted by Gasteiger charge is 2.10. The molecule has 120 valence electrons. The Kier molecular flexibility index (Phi) is 6.47. The van der Waals surface area contributed by atoms with Crippen molar-refractivity contribution in [1.82, 2.24) is 14.9 Å². The molecular weight excluding hydrogens is 274 g/mol. The van der Waals surface area contributed by atoms with Gasteiger partial charge in [0.05, 0.1) is 17.8 Å². The molecular formula is C17H27N5. The lowest BCUT2D eigenvalue weighted by molar-refractivity contribution is 0.255. The van der Waals surface area contributed by atoms with Gasteiger partial charge in [0, 0.05) is 6.54 Å². The lowest BCUT2D eigenvalue weighted by Crippen LogP contribution is -2.29. The Bertz CT molecular complexity index is 538. The number of hydrogen-bond acceptors (Lipinski definition) is 5. The normalized spacial score (nSPS) is 15.2. The van der Waals surface area contributed by atoms with Crippen LogP contribution in [0.1, 0.15) is 50.3 Å². The van der Waals surface area contributed by atoms with E-state index in [0.717, 1.165) is 56.1 Å². The number of rotatable bonds is 5. The lowest BCUT2D eigenvalue weighted by Gasteiger charge is -2.23. The van der Waals surface area contributed by atoms with Gasteiger partial charge in [0.1, 0.15) is 5.82 Å². The van der Waals surface area contributed by atoms with Crippen molar-refractivity contribution >= 4 is 11.8 Å². The van der Waals surface area contributed by atoms with Gasteiger partial charge < -0.3 is 11.1 Å². The zero-order valence-electron chi connectivity index (χ0n) is 13.8. The van der Waals surface area contributed by atoms with Crippen LogP contribution in [0.4, 0.5) is 11.8 Å². The molecule has 0 aliphatic carbocycles. The van der Waals surface area contributed by atoms with Crippen molar-refractivity contribution < 1.29 is 0 Å². The number of aryl methyl sites for hydroxylation is 1. The highest BCUT2D eigenvalue weighted by atomic mass is 15.1. The Morgan fingerprint density at radius 3 is 2.73 bits per heavy atom. The highest BCUT2D eigenvalue weighted by molar-refractivity contribution is 5.58. The van der Waals surface area contributed by atoms with E-state index in [4.69, 9.17) is 5.73 Å². The van der Waals surface area contributed by atoms with Gasteiger partial charge in [-0.2, -0.15) is 4.98 Å². The van der Waals surface area contributed by atoms with Crippen LogP contribution in [0.25, 0.3) is 0 Å². The second-order valence-electron chi connectivity index (χ2n) is 5.81. The fourth-order valence-corrected chi connectivity index (χ4v) is 2.61. The SMILES string of the molecule is CCCCNc1nc(N)nc(C)c1C#CCN1CCCCC1. The molecule has 0 bridgehead atoms. The summed E-state index contributed by atoms with van der Waals surface area (Å²) >= 11 is 0. The summed E-state index contributed by atoms with van der Waals surface area (Å²) in [5.41, 5.74) is 7.48. The van der Waals surface area contributed by atoms with Crippen LogP contribution in [-0.4, -0.2) is 41.0 Å². The summed E-state index contributed by atoms with van der Waals surface area (Å²) in [6.07, 6.45) is 6.16. The van der Waals surface area contributed by atoms with E-state index in [-0.39, 0.29) is 0 Å². The zero-order chi connectivity index (χ0) is 15.8.